The first kappa shape index (κ1) is 13.8. The number of anilines is 1. The third-order valence-corrected chi connectivity index (χ3v) is 4.07. The van der Waals surface area contributed by atoms with E-state index < -0.39 is 0 Å². The molecule has 0 N–H and O–H groups in total. The number of aryl methyl sites for hydroxylation is 2. The molecule has 4 heteroatoms. The van der Waals surface area contributed by atoms with E-state index in [0.29, 0.717) is 6.42 Å². The molecule has 1 fully saturated rings. The number of nitrogens with zero attached hydrogens (tertiary/aromatic N) is 3. The monoisotopic (exact) mass is 281 g/mol. The molecule has 1 saturated heterocycles. The van der Waals surface area contributed by atoms with Crippen LogP contribution < -0.4 is 4.90 Å². The van der Waals surface area contributed by atoms with Crippen LogP contribution in [0.2, 0.25) is 0 Å². The van der Waals surface area contributed by atoms with Crippen LogP contribution in [0.5, 0.6) is 0 Å². The minimum Gasteiger partial charge on any atom is -0.378 e. The van der Waals surface area contributed by atoms with Gasteiger partial charge in [0.25, 0.3) is 0 Å². The van der Waals surface area contributed by atoms with Gasteiger partial charge in [-0.1, -0.05) is 0 Å². The Hall–Kier alpha value is -2.12. The molecule has 2 heterocycles. The summed E-state index contributed by atoms with van der Waals surface area (Å²) in [6, 6.07) is 8.65. The van der Waals surface area contributed by atoms with E-state index in [1.54, 1.807) is 0 Å². The molecule has 2 aromatic rings. The second kappa shape index (κ2) is 5.71. The van der Waals surface area contributed by atoms with Gasteiger partial charge < -0.3 is 9.64 Å². The van der Waals surface area contributed by atoms with Gasteiger partial charge in [-0.05, 0) is 43.2 Å². The van der Waals surface area contributed by atoms with Crippen LogP contribution in [0, 0.1) is 25.2 Å². The maximum Gasteiger partial charge on any atom is 0.133 e. The smallest absolute Gasteiger partial charge is 0.133 e. The maximum absolute atomic E-state index is 9.09. The molecule has 0 atom stereocenters. The number of rotatable bonds is 2. The van der Waals surface area contributed by atoms with Gasteiger partial charge in [0.05, 0.1) is 31.2 Å². The number of nitriles is 1. The van der Waals surface area contributed by atoms with Gasteiger partial charge in [0.15, 0.2) is 0 Å². The van der Waals surface area contributed by atoms with Crippen molar-refractivity contribution in [2.75, 3.05) is 31.2 Å². The number of aromatic nitrogens is 1. The molecule has 0 aliphatic carbocycles. The molecule has 0 saturated carbocycles. The minimum atomic E-state index is 0.391. The first-order valence-electron chi connectivity index (χ1n) is 7.29. The van der Waals surface area contributed by atoms with Crippen molar-refractivity contribution >= 4 is 16.7 Å². The Morgan fingerprint density at radius 1 is 1.19 bits per heavy atom. The largest absolute Gasteiger partial charge is 0.378 e. The highest BCUT2D eigenvalue weighted by atomic mass is 16.5. The second-order valence-electron chi connectivity index (χ2n) is 5.53. The highest BCUT2D eigenvalue weighted by molar-refractivity contribution is 5.83. The number of morpholine rings is 1. The fraction of sp³-hybridized carbons (Fsp3) is 0.412. The molecule has 0 radical (unpaired) electrons. The molecule has 1 aromatic carbocycles. The van der Waals surface area contributed by atoms with Gasteiger partial charge in [0.1, 0.15) is 5.82 Å². The summed E-state index contributed by atoms with van der Waals surface area (Å²) < 4.78 is 5.41. The second-order valence-corrected chi connectivity index (χ2v) is 5.53. The van der Waals surface area contributed by atoms with Crippen molar-refractivity contribution in [2.24, 2.45) is 0 Å². The molecule has 0 bridgehead atoms. The third kappa shape index (κ3) is 2.70. The Morgan fingerprint density at radius 2 is 1.90 bits per heavy atom. The van der Waals surface area contributed by atoms with Gasteiger partial charge in [-0.15, -0.1) is 0 Å². The fourth-order valence-electron chi connectivity index (χ4n) is 2.74. The average Bonchev–Trinajstić information content (AvgIpc) is 2.49. The summed E-state index contributed by atoms with van der Waals surface area (Å²) in [4.78, 5) is 7.07. The zero-order chi connectivity index (χ0) is 14.8. The van der Waals surface area contributed by atoms with E-state index in [1.807, 2.05) is 0 Å². The summed E-state index contributed by atoms with van der Waals surface area (Å²) in [5, 5.41) is 10.2. The molecule has 0 spiro atoms. The zero-order valence-corrected chi connectivity index (χ0v) is 12.5. The van der Waals surface area contributed by atoms with Crippen LogP contribution in [0.15, 0.2) is 18.2 Å². The SMILES string of the molecule is Cc1cc2cc(CC#N)c(N3CCOCC3)nc2cc1C. The highest BCUT2D eigenvalue weighted by Crippen LogP contribution is 2.26. The Bertz CT molecular complexity index is 712. The first-order chi connectivity index (χ1) is 10.2. The van der Waals surface area contributed by atoms with Gasteiger partial charge in [0.2, 0.25) is 0 Å². The summed E-state index contributed by atoms with van der Waals surface area (Å²) in [5.41, 5.74) is 4.51. The van der Waals surface area contributed by atoms with Gasteiger partial charge in [-0.25, -0.2) is 4.98 Å². The lowest BCUT2D eigenvalue weighted by atomic mass is 10.0. The predicted molar refractivity (Wildman–Crippen MR) is 83.6 cm³/mol. The van der Waals surface area contributed by atoms with Crippen molar-refractivity contribution in [1.29, 1.82) is 5.26 Å². The van der Waals surface area contributed by atoms with E-state index in [0.717, 1.165) is 48.6 Å². The van der Waals surface area contributed by atoms with E-state index in [-0.39, 0.29) is 0 Å². The molecule has 0 amide bonds. The maximum atomic E-state index is 9.09. The van der Waals surface area contributed by atoms with Gasteiger partial charge in [-0.3, -0.25) is 0 Å². The zero-order valence-electron chi connectivity index (χ0n) is 12.5. The summed E-state index contributed by atoms with van der Waals surface area (Å²) >= 11 is 0. The molecule has 21 heavy (non-hydrogen) atoms. The Balaban J connectivity index is 2.14. The van der Waals surface area contributed by atoms with Crippen molar-refractivity contribution in [2.45, 2.75) is 20.3 Å². The summed E-state index contributed by atoms with van der Waals surface area (Å²) in [6.45, 7) is 7.32. The van der Waals surface area contributed by atoms with E-state index in [9.17, 15) is 0 Å². The number of ether oxygens (including phenoxy) is 1. The predicted octanol–water partition coefficient (Wildman–Crippen LogP) is 2.75. The van der Waals surface area contributed by atoms with Crippen LogP contribution in [-0.4, -0.2) is 31.3 Å². The Labute approximate surface area is 125 Å². The molecule has 3 rings (SSSR count). The van der Waals surface area contributed by atoms with Crippen molar-refractivity contribution in [3.63, 3.8) is 0 Å². The summed E-state index contributed by atoms with van der Waals surface area (Å²) in [6.07, 6.45) is 0.391. The topological polar surface area (TPSA) is 49.2 Å². The lowest BCUT2D eigenvalue weighted by molar-refractivity contribution is 0.122. The van der Waals surface area contributed by atoms with Crippen molar-refractivity contribution < 1.29 is 4.74 Å². The lowest BCUT2D eigenvalue weighted by Gasteiger charge is -2.29. The van der Waals surface area contributed by atoms with E-state index >= 15 is 0 Å². The van der Waals surface area contributed by atoms with E-state index in [2.05, 4.69) is 43.0 Å². The van der Waals surface area contributed by atoms with Crippen LogP contribution in [0.4, 0.5) is 5.82 Å². The van der Waals surface area contributed by atoms with E-state index in [4.69, 9.17) is 15.0 Å². The van der Waals surface area contributed by atoms with Crippen LogP contribution in [0.1, 0.15) is 16.7 Å². The summed E-state index contributed by atoms with van der Waals surface area (Å²) in [5.74, 6) is 0.940. The quantitative estimate of drug-likeness (QED) is 0.849. The first-order valence-corrected chi connectivity index (χ1v) is 7.29. The van der Waals surface area contributed by atoms with Crippen LogP contribution in [0.25, 0.3) is 10.9 Å². The van der Waals surface area contributed by atoms with Gasteiger partial charge in [-0.2, -0.15) is 5.26 Å². The molecular formula is C17H19N3O. The van der Waals surface area contributed by atoms with Gasteiger partial charge >= 0.3 is 0 Å². The molecule has 1 aliphatic heterocycles. The normalized spacial score (nSPS) is 15.2. The van der Waals surface area contributed by atoms with Crippen molar-refractivity contribution in [3.8, 4) is 6.07 Å². The molecular weight excluding hydrogens is 262 g/mol. The van der Waals surface area contributed by atoms with Crippen LogP contribution >= 0.6 is 0 Å². The Kier molecular flexibility index (Phi) is 3.76. The van der Waals surface area contributed by atoms with Crippen LogP contribution in [-0.2, 0) is 11.2 Å². The molecule has 108 valence electrons. The number of hydrogen-bond acceptors (Lipinski definition) is 4. The molecule has 1 aliphatic rings. The van der Waals surface area contributed by atoms with Crippen LogP contribution in [0.3, 0.4) is 0 Å². The number of fused-ring (bicyclic) bond motifs is 1. The van der Waals surface area contributed by atoms with Gasteiger partial charge in [0, 0.05) is 24.0 Å². The Morgan fingerprint density at radius 3 is 2.62 bits per heavy atom. The van der Waals surface area contributed by atoms with E-state index in [1.165, 1.54) is 11.1 Å². The van der Waals surface area contributed by atoms with Crippen molar-refractivity contribution in [3.05, 3.63) is 34.9 Å². The number of pyridine rings is 1. The fourth-order valence-corrected chi connectivity index (χ4v) is 2.74. The standard InChI is InChI=1S/C17H19N3O/c1-12-9-15-11-14(3-4-18)17(19-16(15)10-13(12)2)20-5-7-21-8-6-20/h9-11H,3,5-8H2,1-2H3. The lowest BCUT2D eigenvalue weighted by Crippen LogP contribution is -2.37. The number of hydrogen-bond donors (Lipinski definition) is 0. The molecule has 4 nitrogen and oxygen atoms in total. The third-order valence-electron chi connectivity index (χ3n) is 4.07. The molecule has 1 aromatic heterocycles. The minimum absolute atomic E-state index is 0.391. The molecule has 0 unspecified atom stereocenters. The van der Waals surface area contributed by atoms with Crippen molar-refractivity contribution in [1.82, 2.24) is 4.98 Å². The highest BCUT2D eigenvalue weighted by Gasteiger charge is 2.17. The number of benzene rings is 1. The average molecular weight is 281 g/mol. The summed E-state index contributed by atoms with van der Waals surface area (Å²) in [7, 11) is 0.